The number of hydrogen-bond acceptors (Lipinski definition) is 2. The van der Waals surface area contributed by atoms with Crippen molar-refractivity contribution < 1.29 is 8.78 Å². The lowest BCUT2D eigenvalue weighted by Crippen LogP contribution is -2.28. The molecule has 1 aliphatic carbocycles. The fourth-order valence-electron chi connectivity index (χ4n) is 2.79. The summed E-state index contributed by atoms with van der Waals surface area (Å²) in [6.45, 7) is 5.01. The van der Waals surface area contributed by atoms with Gasteiger partial charge in [-0.15, -0.1) is 0 Å². The maximum atomic E-state index is 13.1. The lowest BCUT2D eigenvalue weighted by molar-refractivity contribution is 0.0797. The van der Waals surface area contributed by atoms with Crippen LogP contribution >= 0.6 is 0 Å². The number of nitrogens with zero attached hydrogens (tertiary/aromatic N) is 2. The zero-order valence-corrected chi connectivity index (χ0v) is 10.1. The van der Waals surface area contributed by atoms with Gasteiger partial charge in [0.05, 0.1) is 11.8 Å². The first-order chi connectivity index (χ1) is 8.04. The third-order valence-corrected chi connectivity index (χ3v) is 4.05. The number of fused-ring (bicyclic) bond motifs is 1. The summed E-state index contributed by atoms with van der Waals surface area (Å²) in [4.78, 5) is 6.55. The highest BCUT2D eigenvalue weighted by atomic mass is 19.3. The Bertz CT molecular complexity index is 445. The standard InChI is InChI=1S/C13H16F2N2/c1-3-11-8(2)4-5-12(16-11)17-6-9-10(7-17)13(9,14)15/h4-5,9-10H,3,6-7H2,1-2H3. The summed E-state index contributed by atoms with van der Waals surface area (Å²) >= 11 is 0. The first kappa shape index (κ1) is 10.9. The van der Waals surface area contributed by atoms with Crippen LogP contribution in [0.5, 0.6) is 0 Å². The van der Waals surface area contributed by atoms with Crippen molar-refractivity contribution in [1.82, 2.24) is 4.98 Å². The van der Waals surface area contributed by atoms with Gasteiger partial charge in [-0.2, -0.15) is 0 Å². The van der Waals surface area contributed by atoms with Crippen molar-refractivity contribution in [2.75, 3.05) is 18.0 Å². The van der Waals surface area contributed by atoms with Crippen molar-refractivity contribution in [2.45, 2.75) is 26.2 Å². The number of anilines is 1. The number of hydrogen-bond donors (Lipinski definition) is 0. The van der Waals surface area contributed by atoms with E-state index >= 15 is 0 Å². The average molecular weight is 238 g/mol. The Balaban J connectivity index is 1.79. The van der Waals surface area contributed by atoms with E-state index in [2.05, 4.69) is 11.9 Å². The van der Waals surface area contributed by atoms with Crippen LogP contribution in [0.4, 0.5) is 14.6 Å². The lowest BCUT2D eigenvalue weighted by Gasteiger charge is -2.21. The molecule has 92 valence electrons. The zero-order valence-electron chi connectivity index (χ0n) is 10.1. The third-order valence-electron chi connectivity index (χ3n) is 4.05. The van der Waals surface area contributed by atoms with Gasteiger partial charge in [-0.05, 0) is 25.0 Å². The molecule has 2 heterocycles. The maximum absolute atomic E-state index is 13.1. The minimum absolute atomic E-state index is 0.435. The summed E-state index contributed by atoms with van der Waals surface area (Å²) in [6.07, 6.45) is 0.885. The van der Waals surface area contributed by atoms with Crippen LogP contribution in [-0.2, 0) is 6.42 Å². The van der Waals surface area contributed by atoms with E-state index in [-0.39, 0.29) is 0 Å². The fourth-order valence-corrected chi connectivity index (χ4v) is 2.79. The summed E-state index contributed by atoms with van der Waals surface area (Å²) < 4.78 is 26.2. The van der Waals surface area contributed by atoms with Gasteiger partial charge < -0.3 is 4.90 Å². The first-order valence-electron chi connectivity index (χ1n) is 6.13. The molecular weight excluding hydrogens is 222 g/mol. The van der Waals surface area contributed by atoms with Crippen LogP contribution in [-0.4, -0.2) is 24.0 Å². The number of aromatic nitrogens is 1. The van der Waals surface area contributed by atoms with E-state index in [0.717, 1.165) is 17.9 Å². The molecule has 4 heteroatoms. The van der Waals surface area contributed by atoms with Crippen LogP contribution in [0.3, 0.4) is 0 Å². The zero-order chi connectivity index (χ0) is 12.2. The summed E-state index contributed by atoms with van der Waals surface area (Å²) in [7, 11) is 0. The van der Waals surface area contributed by atoms with E-state index in [1.54, 1.807) is 0 Å². The summed E-state index contributed by atoms with van der Waals surface area (Å²) in [5.74, 6) is -2.42. The summed E-state index contributed by atoms with van der Waals surface area (Å²) in [5.41, 5.74) is 2.24. The van der Waals surface area contributed by atoms with Crippen molar-refractivity contribution in [1.29, 1.82) is 0 Å². The van der Waals surface area contributed by atoms with Crippen LogP contribution in [0.1, 0.15) is 18.2 Å². The molecule has 0 spiro atoms. The molecule has 1 saturated carbocycles. The van der Waals surface area contributed by atoms with Crippen molar-refractivity contribution in [3.8, 4) is 0 Å². The largest absolute Gasteiger partial charge is 0.356 e. The molecule has 17 heavy (non-hydrogen) atoms. The number of pyridine rings is 1. The normalized spacial score (nSPS) is 29.3. The van der Waals surface area contributed by atoms with E-state index in [0.29, 0.717) is 13.1 Å². The second-order valence-electron chi connectivity index (χ2n) is 5.08. The Morgan fingerprint density at radius 2 is 2.00 bits per heavy atom. The highest BCUT2D eigenvalue weighted by Crippen LogP contribution is 2.59. The van der Waals surface area contributed by atoms with Crippen molar-refractivity contribution in [3.63, 3.8) is 0 Å². The molecular formula is C13H16F2N2. The fraction of sp³-hybridized carbons (Fsp3) is 0.615. The Labute approximate surface area is 99.6 Å². The van der Waals surface area contributed by atoms with Crippen LogP contribution in [0, 0.1) is 18.8 Å². The van der Waals surface area contributed by atoms with Gasteiger partial charge in [0, 0.05) is 18.8 Å². The summed E-state index contributed by atoms with van der Waals surface area (Å²) in [5, 5.41) is 0. The van der Waals surface area contributed by atoms with Crippen molar-refractivity contribution >= 4 is 5.82 Å². The SMILES string of the molecule is CCc1nc(N2CC3C(C2)C3(F)F)ccc1C. The molecule has 1 saturated heterocycles. The molecule has 2 atom stereocenters. The smallest absolute Gasteiger partial charge is 0.258 e. The Morgan fingerprint density at radius 1 is 1.35 bits per heavy atom. The van der Waals surface area contributed by atoms with Gasteiger partial charge >= 0.3 is 0 Å². The monoisotopic (exact) mass is 238 g/mol. The predicted molar refractivity (Wildman–Crippen MR) is 62.5 cm³/mol. The molecule has 0 N–H and O–H groups in total. The van der Waals surface area contributed by atoms with Gasteiger partial charge in [0.25, 0.3) is 5.92 Å². The molecule has 3 rings (SSSR count). The van der Waals surface area contributed by atoms with E-state index in [9.17, 15) is 8.78 Å². The second-order valence-corrected chi connectivity index (χ2v) is 5.08. The average Bonchev–Trinajstić information content (AvgIpc) is 2.71. The highest BCUT2D eigenvalue weighted by molar-refractivity contribution is 5.45. The molecule has 0 amide bonds. The molecule has 0 radical (unpaired) electrons. The first-order valence-corrected chi connectivity index (χ1v) is 6.13. The van der Waals surface area contributed by atoms with E-state index < -0.39 is 17.8 Å². The van der Waals surface area contributed by atoms with Gasteiger partial charge in [-0.1, -0.05) is 13.0 Å². The van der Waals surface area contributed by atoms with Crippen LogP contribution < -0.4 is 4.90 Å². The molecule has 1 aliphatic heterocycles. The van der Waals surface area contributed by atoms with E-state index in [1.807, 2.05) is 24.0 Å². The summed E-state index contributed by atoms with van der Waals surface area (Å²) in [6, 6.07) is 3.97. The second kappa shape index (κ2) is 3.40. The van der Waals surface area contributed by atoms with Gasteiger partial charge in [0.2, 0.25) is 0 Å². The van der Waals surface area contributed by atoms with Crippen molar-refractivity contribution in [2.24, 2.45) is 11.8 Å². The lowest BCUT2D eigenvalue weighted by atomic mass is 10.2. The molecule has 1 aromatic rings. The van der Waals surface area contributed by atoms with Crippen LogP contribution in [0.25, 0.3) is 0 Å². The number of halogens is 2. The molecule has 2 unspecified atom stereocenters. The Morgan fingerprint density at radius 3 is 2.59 bits per heavy atom. The van der Waals surface area contributed by atoms with Gasteiger partial charge in [0.15, 0.2) is 0 Å². The van der Waals surface area contributed by atoms with Crippen molar-refractivity contribution in [3.05, 3.63) is 23.4 Å². The minimum atomic E-state index is -2.41. The third kappa shape index (κ3) is 1.53. The number of piperidine rings is 1. The topological polar surface area (TPSA) is 16.1 Å². The van der Waals surface area contributed by atoms with Gasteiger partial charge in [0.1, 0.15) is 5.82 Å². The Kier molecular flexibility index (Phi) is 2.19. The molecule has 2 fully saturated rings. The number of alkyl halides is 2. The maximum Gasteiger partial charge on any atom is 0.258 e. The predicted octanol–water partition coefficient (Wildman–Crippen LogP) is 2.65. The Hall–Kier alpha value is -1.19. The van der Waals surface area contributed by atoms with Crippen LogP contribution in [0.2, 0.25) is 0 Å². The number of aryl methyl sites for hydroxylation is 2. The van der Waals surface area contributed by atoms with Gasteiger partial charge in [-0.3, -0.25) is 0 Å². The van der Waals surface area contributed by atoms with Crippen LogP contribution in [0.15, 0.2) is 12.1 Å². The van der Waals surface area contributed by atoms with E-state index in [4.69, 9.17) is 0 Å². The molecule has 0 aromatic carbocycles. The highest BCUT2D eigenvalue weighted by Gasteiger charge is 2.71. The number of rotatable bonds is 2. The van der Waals surface area contributed by atoms with Gasteiger partial charge in [-0.25, -0.2) is 13.8 Å². The minimum Gasteiger partial charge on any atom is -0.356 e. The van der Waals surface area contributed by atoms with E-state index in [1.165, 1.54) is 5.56 Å². The molecule has 2 nitrogen and oxygen atoms in total. The molecule has 2 aliphatic rings. The molecule has 1 aromatic heterocycles. The quantitative estimate of drug-likeness (QED) is 0.787. The molecule has 0 bridgehead atoms.